The second kappa shape index (κ2) is 27.6. The van der Waals surface area contributed by atoms with Crippen LogP contribution in [0.5, 0.6) is 0 Å². The average Bonchev–Trinajstić information content (AvgIpc) is 1.46. The molecule has 0 amide bonds. The number of nitrogens with zero attached hydrogens (tertiary/aromatic N) is 1. The van der Waals surface area contributed by atoms with E-state index in [9.17, 15) is 0 Å². The van der Waals surface area contributed by atoms with E-state index in [0.717, 1.165) is 0 Å². The van der Waals surface area contributed by atoms with E-state index in [1.807, 2.05) is 0 Å². The van der Waals surface area contributed by atoms with E-state index in [0.29, 0.717) is 0 Å². The molecule has 0 unspecified atom stereocenters. The van der Waals surface area contributed by atoms with Crippen LogP contribution in [-0.4, -0.2) is 0 Å². The van der Waals surface area contributed by atoms with E-state index in [2.05, 4.69) is 33.4 Å². The molecular formula is CH3CoN2S. The Hall–Kier alpha value is 0.306. The van der Waals surface area contributed by atoms with Crippen molar-refractivity contribution in [3.05, 3.63) is 0 Å². The zero-order valence-corrected chi connectivity index (χ0v) is 4.24. The third-order valence-electron chi connectivity index (χ3n) is 0. The first kappa shape index (κ1) is 9.00. The van der Waals surface area contributed by atoms with Crippen LogP contribution >= 0.6 is 12.6 Å². The Morgan fingerprint density at radius 2 is 1.80 bits per heavy atom. The third-order valence-corrected chi connectivity index (χ3v) is 0. The van der Waals surface area contributed by atoms with Gasteiger partial charge in [0.25, 0.3) is 0 Å². The van der Waals surface area contributed by atoms with Crippen LogP contribution in [-0.2, 0) is 16.0 Å². The predicted molar refractivity (Wildman–Crippen MR) is 18.8 cm³/mol. The SMILES string of the molecule is N#CS.[NH2][Co]. The molecule has 0 bridgehead atoms. The van der Waals surface area contributed by atoms with Crippen LogP contribution in [0.4, 0.5) is 0 Å². The zero-order valence-electron chi connectivity index (χ0n) is 2.31. The third kappa shape index (κ3) is 244. The first-order chi connectivity index (χ1) is 2.41. The molecule has 5 heavy (non-hydrogen) atoms. The molecule has 0 atom stereocenters. The molecule has 0 aromatic carbocycles. The molecule has 0 aliphatic heterocycles. The van der Waals surface area contributed by atoms with Gasteiger partial charge in [0.15, 0.2) is 0 Å². The van der Waals surface area contributed by atoms with Crippen LogP contribution in [0.2, 0.25) is 0 Å². The summed E-state index contributed by atoms with van der Waals surface area (Å²) < 4.78 is 0. The molecule has 4 heteroatoms. The average molecular weight is 134 g/mol. The second-order valence-corrected chi connectivity index (χ2v) is 0.300. The monoisotopic (exact) mass is 134 g/mol. The standard InChI is InChI=1S/CHNS.Co.H2N/c2-1-3;;/h3H;;1H2/q;+1;-1. The van der Waals surface area contributed by atoms with Gasteiger partial charge in [-0.1, -0.05) is 12.6 Å². The molecule has 0 saturated carbocycles. The maximum absolute atomic E-state index is 7.18. The normalized spacial score (nSPS) is 3.00. The van der Waals surface area contributed by atoms with Crippen molar-refractivity contribution in [2.45, 2.75) is 0 Å². The Labute approximate surface area is 44.5 Å². The Morgan fingerprint density at radius 3 is 1.80 bits per heavy atom. The van der Waals surface area contributed by atoms with Crippen molar-refractivity contribution in [2.75, 3.05) is 0 Å². The van der Waals surface area contributed by atoms with Gasteiger partial charge in [0.05, 0.1) is 0 Å². The fourth-order valence-electron chi connectivity index (χ4n) is 0. The first-order valence-corrected chi connectivity index (χ1v) is 1.69. The van der Waals surface area contributed by atoms with E-state index in [1.54, 1.807) is 0 Å². The number of thiol groups is 1. The zero-order chi connectivity index (χ0) is 4.71. The summed E-state index contributed by atoms with van der Waals surface area (Å²) in [6.07, 6.45) is 0. The summed E-state index contributed by atoms with van der Waals surface area (Å²) in [5.41, 5.74) is 0. The second-order valence-electron chi connectivity index (χ2n) is 0.100. The molecule has 0 aliphatic carbocycles. The van der Waals surface area contributed by atoms with Crippen molar-refractivity contribution in [1.29, 1.82) is 5.26 Å². The van der Waals surface area contributed by atoms with Gasteiger partial charge in [-0.25, -0.2) is 0 Å². The molecule has 2 nitrogen and oxygen atoms in total. The maximum atomic E-state index is 7.18. The number of hydrogen-bond donors (Lipinski definition) is 2. The van der Waals surface area contributed by atoms with Crippen LogP contribution in [0.25, 0.3) is 0 Å². The van der Waals surface area contributed by atoms with Crippen LogP contribution in [0.3, 0.4) is 0 Å². The van der Waals surface area contributed by atoms with Crippen LogP contribution in [0, 0.1) is 10.7 Å². The van der Waals surface area contributed by atoms with Crippen molar-refractivity contribution < 1.29 is 16.0 Å². The summed E-state index contributed by atoms with van der Waals surface area (Å²) in [4.78, 5) is 4.19. The molecule has 32 valence electrons. The summed E-state index contributed by atoms with van der Waals surface area (Å²) in [6.45, 7) is 0. The molecule has 0 saturated heterocycles. The summed E-state index contributed by atoms with van der Waals surface area (Å²) in [5, 5.41) is 8.63. The van der Waals surface area contributed by atoms with Gasteiger partial charge < -0.3 is 0 Å². The fourth-order valence-corrected chi connectivity index (χ4v) is 0. The molecule has 0 aliphatic rings. The van der Waals surface area contributed by atoms with Crippen molar-refractivity contribution in [3.8, 4) is 5.40 Å². The van der Waals surface area contributed by atoms with Gasteiger partial charge >= 0.3 is 20.7 Å². The summed E-state index contributed by atoms with van der Waals surface area (Å²) >= 11 is 6.16. The van der Waals surface area contributed by atoms with E-state index < -0.39 is 0 Å². The number of rotatable bonds is 0. The minimum atomic E-state index is 1.44. The van der Waals surface area contributed by atoms with E-state index >= 15 is 0 Å². The molecule has 0 spiro atoms. The van der Waals surface area contributed by atoms with Gasteiger partial charge in [-0.15, -0.1) is 0 Å². The molecular weight excluding hydrogens is 131 g/mol. The van der Waals surface area contributed by atoms with Gasteiger partial charge in [0.2, 0.25) is 0 Å². The van der Waals surface area contributed by atoms with Gasteiger partial charge in [-0.2, -0.15) is 5.26 Å². The quantitative estimate of drug-likeness (QED) is 0.356. The first-order valence-electron chi connectivity index (χ1n) is 0.640. The Morgan fingerprint density at radius 1 is 1.80 bits per heavy atom. The molecule has 0 radical (unpaired) electrons. The molecule has 0 aromatic rings. The molecule has 0 aromatic heterocycles. The van der Waals surface area contributed by atoms with Crippen molar-refractivity contribution in [3.63, 3.8) is 0 Å². The van der Waals surface area contributed by atoms with E-state index in [1.165, 1.54) is 5.40 Å². The molecule has 0 fully saturated rings. The summed E-state index contributed by atoms with van der Waals surface area (Å²) in [6, 6.07) is 0. The summed E-state index contributed by atoms with van der Waals surface area (Å²) in [7, 11) is 0. The fraction of sp³-hybridized carbons (Fsp3) is 0. The van der Waals surface area contributed by atoms with Gasteiger partial charge in [0, 0.05) is 0 Å². The predicted octanol–water partition coefficient (Wildman–Crippen LogP) is -0.196. The van der Waals surface area contributed by atoms with Crippen molar-refractivity contribution >= 4 is 12.6 Å². The minimum absolute atomic E-state index is 1.44. The van der Waals surface area contributed by atoms with Gasteiger partial charge in [-0.05, 0) is 0 Å². The van der Waals surface area contributed by atoms with Crippen LogP contribution < -0.4 is 4.78 Å². The summed E-state index contributed by atoms with van der Waals surface area (Å²) in [5.74, 6) is 0. The number of thiocyanates is 1. The van der Waals surface area contributed by atoms with Crippen molar-refractivity contribution in [2.24, 2.45) is 4.78 Å². The van der Waals surface area contributed by atoms with Gasteiger partial charge in [-0.3, -0.25) is 0 Å². The number of nitrogens with two attached hydrogens (primary N) is 1. The topological polar surface area (TPSA) is 49.8 Å². The number of hydrogen-bond acceptors (Lipinski definition) is 3. The Bertz CT molecular complexity index is 31.1. The van der Waals surface area contributed by atoms with Crippen LogP contribution in [0.1, 0.15) is 0 Å². The number of nitriles is 1. The molecule has 2 N–H and O–H groups in total. The Kier molecular flexibility index (Phi) is 49.7. The molecule has 0 heterocycles. The van der Waals surface area contributed by atoms with E-state index in [-0.39, 0.29) is 0 Å². The van der Waals surface area contributed by atoms with Crippen LogP contribution in [0.15, 0.2) is 0 Å². The van der Waals surface area contributed by atoms with Gasteiger partial charge in [0.1, 0.15) is 5.40 Å². The Balaban J connectivity index is 0. The molecule has 0 rings (SSSR count). The van der Waals surface area contributed by atoms with Crippen molar-refractivity contribution in [1.82, 2.24) is 0 Å². The van der Waals surface area contributed by atoms with E-state index in [4.69, 9.17) is 5.26 Å².